The summed E-state index contributed by atoms with van der Waals surface area (Å²) in [7, 11) is 1.34. The number of hydrogen-bond donors (Lipinski definition) is 1. The van der Waals surface area contributed by atoms with Gasteiger partial charge in [0, 0.05) is 10.6 Å². The van der Waals surface area contributed by atoms with E-state index in [4.69, 9.17) is 30.9 Å². The van der Waals surface area contributed by atoms with E-state index in [9.17, 15) is 4.79 Å². The van der Waals surface area contributed by atoms with Crippen molar-refractivity contribution in [2.75, 3.05) is 7.11 Å². The molecule has 0 saturated heterocycles. The van der Waals surface area contributed by atoms with Gasteiger partial charge in [0.05, 0.1) is 7.11 Å². The summed E-state index contributed by atoms with van der Waals surface area (Å²) in [4.78, 5) is 11.2. The molecule has 0 aliphatic carbocycles. The third-order valence-corrected chi connectivity index (χ3v) is 3.39. The van der Waals surface area contributed by atoms with E-state index >= 15 is 0 Å². The summed E-state index contributed by atoms with van der Waals surface area (Å²) in [5.41, 5.74) is 1.61. The molecule has 0 aromatic heterocycles. The van der Waals surface area contributed by atoms with Crippen molar-refractivity contribution in [1.29, 1.82) is 0 Å². The zero-order valence-electron chi connectivity index (χ0n) is 13.3. The molecule has 1 N–H and O–H groups in total. The third kappa shape index (κ3) is 4.67. The van der Waals surface area contributed by atoms with Crippen LogP contribution in [0.25, 0.3) is 0 Å². The van der Waals surface area contributed by atoms with Gasteiger partial charge < -0.3 is 19.3 Å². The molecule has 0 saturated carbocycles. The zero-order chi connectivity index (χ0) is 17.5. The maximum absolute atomic E-state index is 11.2. The maximum Gasteiger partial charge on any atom is 0.375 e. The van der Waals surface area contributed by atoms with Crippen molar-refractivity contribution in [2.24, 2.45) is 0 Å². The fourth-order valence-electron chi connectivity index (χ4n) is 1.98. The Morgan fingerprint density at radius 2 is 1.96 bits per heavy atom. The van der Waals surface area contributed by atoms with Crippen molar-refractivity contribution in [1.82, 2.24) is 0 Å². The number of rotatable bonds is 7. The summed E-state index contributed by atoms with van der Waals surface area (Å²) >= 11 is 6.02. The molecule has 0 radical (unpaired) electrons. The Kier molecular flexibility index (Phi) is 6.09. The van der Waals surface area contributed by atoms with E-state index in [2.05, 4.69) is 0 Å². The molecule has 0 unspecified atom stereocenters. The molecule has 2 aromatic rings. The van der Waals surface area contributed by atoms with Crippen LogP contribution < -0.4 is 9.47 Å². The maximum atomic E-state index is 11.2. The first-order chi connectivity index (χ1) is 11.5. The monoisotopic (exact) mass is 348 g/mol. The van der Waals surface area contributed by atoms with Gasteiger partial charge in [0.25, 0.3) is 0 Å². The smallest absolute Gasteiger partial charge is 0.375 e. The number of ether oxygens (including phenoxy) is 3. The number of halogens is 1. The van der Waals surface area contributed by atoms with Crippen LogP contribution in [0.2, 0.25) is 5.02 Å². The summed E-state index contributed by atoms with van der Waals surface area (Å²) in [6, 6.07) is 12.5. The first kappa shape index (κ1) is 17.7. The normalized spacial score (nSPS) is 11.0. The summed E-state index contributed by atoms with van der Waals surface area (Å²) < 4.78 is 15.9. The minimum Gasteiger partial charge on any atom is -0.500 e. The summed E-state index contributed by atoms with van der Waals surface area (Å²) in [6.45, 7) is 2.12. The van der Waals surface area contributed by atoms with Gasteiger partial charge in [0.1, 0.15) is 24.4 Å². The molecule has 0 heterocycles. The highest BCUT2D eigenvalue weighted by atomic mass is 35.5. The van der Waals surface area contributed by atoms with Crippen LogP contribution in [0.4, 0.5) is 0 Å². The molecule has 0 spiro atoms. The standard InChI is InChI=1S/C18H17ClO5/c1-12-5-3-4-6-15(12)23-10-13-9-14(19)7-8-16(13)24-17(11-22-2)18(20)21/h3-9,11H,10H2,1-2H3,(H,20,21). The predicted molar refractivity (Wildman–Crippen MR) is 90.3 cm³/mol. The quantitative estimate of drug-likeness (QED) is 0.600. The Labute approximate surface area is 145 Å². The largest absolute Gasteiger partial charge is 0.500 e. The number of para-hydroxylation sites is 1. The highest BCUT2D eigenvalue weighted by Gasteiger charge is 2.14. The molecule has 0 bridgehead atoms. The lowest BCUT2D eigenvalue weighted by Gasteiger charge is -2.14. The molecule has 24 heavy (non-hydrogen) atoms. The minimum absolute atomic E-state index is 0.181. The number of hydrogen-bond acceptors (Lipinski definition) is 4. The van der Waals surface area contributed by atoms with E-state index < -0.39 is 5.97 Å². The molecule has 0 aliphatic rings. The van der Waals surface area contributed by atoms with Gasteiger partial charge in [-0.05, 0) is 36.8 Å². The zero-order valence-corrected chi connectivity index (χ0v) is 14.0. The molecule has 0 aliphatic heterocycles. The average molecular weight is 349 g/mol. The Morgan fingerprint density at radius 3 is 2.62 bits per heavy atom. The van der Waals surface area contributed by atoms with Crippen molar-refractivity contribution in [3.63, 3.8) is 0 Å². The molecule has 2 rings (SSSR count). The lowest BCUT2D eigenvalue weighted by atomic mass is 10.2. The second kappa shape index (κ2) is 8.26. The molecule has 5 nitrogen and oxygen atoms in total. The van der Waals surface area contributed by atoms with Crippen molar-refractivity contribution in [3.8, 4) is 11.5 Å². The number of carboxylic acids is 1. The van der Waals surface area contributed by atoms with Gasteiger partial charge in [0.15, 0.2) is 0 Å². The van der Waals surface area contributed by atoms with Crippen LogP contribution in [0, 0.1) is 6.92 Å². The first-order valence-electron chi connectivity index (χ1n) is 7.12. The Hall–Kier alpha value is -2.66. The highest BCUT2D eigenvalue weighted by molar-refractivity contribution is 6.30. The molecular weight excluding hydrogens is 332 g/mol. The van der Waals surface area contributed by atoms with E-state index in [1.165, 1.54) is 7.11 Å². The van der Waals surface area contributed by atoms with Crippen molar-refractivity contribution in [3.05, 3.63) is 70.6 Å². The Morgan fingerprint density at radius 1 is 1.21 bits per heavy atom. The van der Waals surface area contributed by atoms with Gasteiger partial charge in [-0.15, -0.1) is 0 Å². The summed E-state index contributed by atoms with van der Waals surface area (Å²) in [5, 5.41) is 9.62. The fourth-order valence-corrected chi connectivity index (χ4v) is 2.17. The molecule has 0 fully saturated rings. The molecule has 6 heteroatoms. The van der Waals surface area contributed by atoms with Crippen molar-refractivity contribution in [2.45, 2.75) is 13.5 Å². The number of benzene rings is 2. The Bertz CT molecular complexity index is 755. The molecule has 126 valence electrons. The lowest BCUT2D eigenvalue weighted by molar-refractivity contribution is -0.135. The van der Waals surface area contributed by atoms with Gasteiger partial charge in [0.2, 0.25) is 5.76 Å². The first-order valence-corrected chi connectivity index (χ1v) is 7.50. The number of carbonyl (C=O) groups is 1. The van der Waals surface area contributed by atoms with Crippen LogP contribution in [-0.2, 0) is 16.1 Å². The van der Waals surface area contributed by atoms with E-state index in [-0.39, 0.29) is 12.4 Å². The van der Waals surface area contributed by atoms with Gasteiger partial charge in [-0.3, -0.25) is 0 Å². The third-order valence-electron chi connectivity index (χ3n) is 3.15. The van der Waals surface area contributed by atoms with Gasteiger partial charge >= 0.3 is 5.97 Å². The summed E-state index contributed by atoms with van der Waals surface area (Å²) in [5.74, 6) is -0.512. The number of carboxylic acid groups (broad SMARTS) is 1. The van der Waals surface area contributed by atoms with E-state index in [0.717, 1.165) is 17.6 Å². The number of aryl methyl sites for hydroxylation is 1. The van der Waals surface area contributed by atoms with Crippen LogP contribution in [-0.4, -0.2) is 18.2 Å². The van der Waals surface area contributed by atoms with Crippen molar-refractivity contribution >= 4 is 17.6 Å². The van der Waals surface area contributed by atoms with Gasteiger partial charge in [-0.25, -0.2) is 4.79 Å². The van der Waals surface area contributed by atoms with Crippen LogP contribution in [0.5, 0.6) is 11.5 Å². The number of methoxy groups -OCH3 is 1. The fraction of sp³-hybridized carbons (Fsp3) is 0.167. The predicted octanol–water partition coefficient (Wildman–Crippen LogP) is 4.18. The van der Waals surface area contributed by atoms with Crippen LogP contribution in [0.1, 0.15) is 11.1 Å². The highest BCUT2D eigenvalue weighted by Crippen LogP contribution is 2.27. The van der Waals surface area contributed by atoms with Gasteiger partial charge in [-0.2, -0.15) is 0 Å². The van der Waals surface area contributed by atoms with E-state index in [1.54, 1.807) is 18.2 Å². The molecule has 2 aromatic carbocycles. The molecule has 0 atom stereocenters. The lowest BCUT2D eigenvalue weighted by Crippen LogP contribution is -2.10. The average Bonchev–Trinajstić information content (AvgIpc) is 2.55. The van der Waals surface area contributed by atoms with Crippen molar-refractivity contribution < 1.29 is 24.1 Å². The van der Waals surface area contributed by atoms with Crippen LogP contribution in [0.15, 0.2) is 54.5 Å². The van der Waals surface area contributed by atoms with E-state index in [0.29, 0.717) is 16.3 Å². The number of aliphatic carboxylic acids is 1. The molecule has 0 amide bonds. The van der Waals surface area contributed by atoms with Gasteiger partial charge in [-0.1, -0.05) is 29.8 Å². The van der Waals surface area contributed by atoms with E-state index in [1.807, 2.05) is 31.2 Å². The topological polar surface area (TPSA) is 65.0 Å². The Balaban J connectivity index is 2.23. The van der Waals surface area contributed by atoms with Crippen LogP contribution >= 0.6 is 11.6 Å². The molecular formula is C18H17ClO5. The second-order valence-electron chi connectivity index (χ2n) is 4.93. The second-order valence-corrected chi connectivity index (χ2v) is 5.37. The van der Waals surface area contributed by atoms with Crippen LogP contribution in [0.3, 0.4) is 0 Å². The SMILES string of the molecule is COC=C(Oc1ccc(Cl)cc1COc1ccccc1C)C(=O)O. The minimum atomic E-state index is -1.24. The summed E-state index contributed by atoms with van der Waals surface area (Å²) in [6.07, 6.45) is 1.02.